The molecule has 2 bridgehead atoms. The zero-order valence-electron chi connectivity index (χ0n) is 30.3. The highest BCUT2D eigenvalue weighted by molar-refractivity contribution is 9.11. The maximum atomic E-state index is 14.1. The highest BCUT2D eigenvalue weighted by atomic mass is 79.9. The Morgan fingerprint density at radius 1 is 1.02 bits per heavy atom. The van der Waals surface area contributed by atoms with Gasteiger partial charge in [0.25, 0.3) is 0 Å². The average Bonchev–Trinajstić information content (AvgIpc) is 3.64. The normalized spacial score (nSPS) is 27.8. The maximum absolute atomic E-state index is 14.1. The lowest BCUT2D eigenvalue weighted by Crippen LogP contribution is -2.58. The van der Waals surface area contributed by atoms with Gasteiger partial charge in [0.05, 0.1) is 36.0 Å². The van der Waals surface area contributed by atoms with Crippen LogP contribution >= 0.6 is 15.9 Å². The smallest absolute Gasteiger partial charge is 0.330 e. The molecule has 3 aliphatic rings. The van der Waals surface area contributed by atoms with Gasteiger partial charge in [-0.05, 0) is 78.7 Å². The molecule has 0 saturated carbocycles. The molecule has 264 valence electrons. The van der Waals surface area contributed by atoms with Crippen LogP contribution in [-0.2, 0) is 42.4 Å². The Labute approximate surface area is 286 Å². The van der Waals surface area contributed by atoms with E-state index >= 15 is 0 Å². The minimum Gasteiger partial charge on any atom is -0.468 e. The first-order valence-electron chi connectivity index (χ1n) is 16.7. The first-order chi connectivity index (χ1) is 21.5. The fraction of sp³-hybridized carbons (Fsp3) is 0.824. The largest absolute Gasteiger partial charge is 0.468 e. The summed E-state index contributed by atoms with van der Waals surface area (Å²) >= 11 is 4.03. The molecule has 10 nitrogen and oxygen atoms in total. The molecule has 12 heteroatoms. The molecule has 0 spiro atoms. The van der Waals surface area contributed by atoms with E-state index in [1.807, 2.05) is 13.8 Å². The van der Waals surface area contributed by atoms with Crippen LogP contribution in [0.15, 0.2) is 21.8 Å². The number of esters is 2. The molecule has 3 aliphatic heterocycles. The molecule has 0 unspecified atom stereocenters. The minimum absolute atomic E-state index is 0.0344. The van der Waals surface area contributed by atoms with Crippen LogP contribution < -0.4 is 0 Å². The first kappa shape index (κ1) is 39.2. The fourth-order valence-corrected chi connectivity index (χ4v) is 14.9. The van der Waals surface area contributed by atoms with Gasteiger partial charge in [0.15, 0.2) is 6.29 Å². The van der Waals surface area contributed by atoms with Gasteiger partial charge in [0.2, 0.25) is 14.1 Å². The monoisotopic (exact) mass is 731 g/mol. The average molecular weight is 733 g/mol. The Morgan fingerprint density at radius 2 is 1.59 bits per heavy atom. The van der Waals surface area contributed by atoms with Crippen LogP contribution in [0.3, 0.4) is 0 Å². The predicted octanol–water partition coefficient (Wildman–Crippen LogP) is 6.83. The summed E-state index contributed by atoms with van der Waals surface area (Å²) in [5.74, 6) is -3.88. The number of hydrogen-bond donors (Lipinski definition) is 0. The van der Waals surface area contributed by atoms with Crippen LogP contribution in [0.4, 0.5) is 0 Å². The number of ether oxygens (including phenoxy) is 6. The number of hydrogen-bond acceptors (Lipinski definition) is 10. The number of carbonyl (C=O) groups excluding carboxylic acids is 2. The van der Waals surface area contributed by atoms with E-state index in [4.69, 9.17) is 32.8 Å². The van der Waals surface area contributed by atoms with Crippen molar-refractivity contribution in [3.05, 3.63) is 21.8 Å². The quantitative estimate of drug-likeness (QED) is 0.0727. The van der Waals surface area contributed by atoms with Crippen molar-refractivity contribution >= 4 is 36.2 Å². The third-order valence-corrected chi connectivity index (χ3v) is 17.4. The molecule has 0 aromatic rings. The molecule has 46 heavy (non-hydrogen) atoms. The number of nitrogens with zero attached hydrogens (tertiary/aromatic N) is 1. The third-order valence-electron chi connectivity index (χ3n) is 10.4. The summed E-state index contributed by atoms with van der Waals surface area (Å²) in [6.07, 6.45) is 2.64. The summed E-state index contributed by atoms with van der Waals surface area (Å²) in [5, 5.41) is 0. The molecule has 0 N–H and O–H groups in total. The van der Waals surface area contributed by atoms with Gasteiger partial charge in [0.1, 0.15) is 11.5 Å². The molecule has 2 fully saturated rings. The molecule has 0 aliphatic carbocycles. The van der Waals surface area contributed by atoms with Crippen molar-refractivity contribution in [1.29, 1.82) is 0 Å². The van der Waals surface area contributed by atoms with Gasteiger partial charge in [-0.3, -0.25) is 4.79 Å². The zero-order valence-corrected chi connectivity index (χ0v) is 32.9. The van der Waals surface area contributed by atoms with E-state index in [0.29, 0.717) is 29.8 Å². The van der Waals surface area contributed by atoms with Crippen LogP contribution in [0, 0.1) is 5.92 Å². The van der Waals surface area contributed by atoms with Gasteiger partial charge in [-0.25, -0.2) is 4.79 Å². The van der Waals surface area contributed by atoms with Gasteiger partial charge >= 0.3 is 11.9 Å². The standard InChI is InChI=1S/C34H58BrNO9Si/c1-14-42-27(43-15-2)20-33-24(19-26(37)39-11)28(31(38)40-12)34(44-33,45-46(21(3)4,22(5)6)23(7)8)29(35)30(33)36-18-16-17-25(36)32(9,10)41-13/h19,21-23,25,27-28H,14-18,20H2,1-13H3/b24-19+/t25-,28+,33-,34-/m0/s1. The maximum Gasteiger partial charge on any atom is 0.330 e. The summed E-state index contributed by atoms with van der Waals surface area (Å²) in [6, 6.07) is -0.0344. The summed E-state index contributed by atoms with van der Waals surface area (Å²) in [5.41, 5.74) is -0.174. The number of rotatable bonds is 16. The number of likely N-dealkylation sites (tertiary alicyclic amines) is 1. The SMILES string of the molecule is CCOC(C[C@@]12O[C@@](O[Si](C(C)C)(C(C)C)C(C)C)(C(Br)=C1N1CCC[C@H]1C(C)(C)OC)[C@@H](C(=O)OC)/C2=C\C(=O)OC)OCC. The number of halogens is 1. The molecule has 0 aromatic heterocycles. The first-order valence-corrected chi connectivity index (χ1v) is 19.7. The summed E-state index contributed by atoms with van der Waals surface area (Å²) in [7, 11) is 1.64. The third kappa shape index (κ3) is 6.53. The summed E-state index contributed by atoms with van der Waals surface area (Å²) in [6.45, 7) is 22.6. The zero-order chi connectivity index (χ0) is 34.8. The van der Waals surface area contributed by atoms with E-state index in [1.165, 1.54) is 20.3 Å². The van der Waals surface area contributed by atoms with Gasteiger partial charge in [-0.15, -0.1) is 0 Å². The van der Waals surface area contributed by atoms with Crippen molar-refractivity contribution < 1.29 is 42.4 Å². The second-order valence-electron chi connectivity index (χ2n) is 14.0. The fourth-order valence-electron chi connectivity index (χ4n) is 8.32. The van der Waals surface area contributed by atoms with E-state index in [-0.39, 0.29) is 29.1 Å². The Kier molecular flexibility index (Phi) is 12.8. The molecule has 0 aromatic carbocycles. The lowest BCUT2D eigenvalue weighted by atomic mass is 9.74. The van der Waals surface area contributed by atoms with E-state index in [1.54, 1.807) is 7.11 Å². The van der Waals surface area contributed by atoms with Crippen molar-refractivity contribution in [1.82, 2.24) is 4.90 Å². The van der Waals surface area contributed by atoms with Crippen LogP contribution in [0.2, 0.25) is 16.6 Å². The van der Waals surface area contributed by atoms with Crippen LogP contribution in [0.5, 0.6) is 0 Å². The van der Waals surface area contributed by atoms with Crippen LogP contribution in [0.1, 0.15) is 88.5 Å². The van der Waals surface area contributed by atoms with E-state index in [0.717, 1.165) is 18.5 Å². The highest BCUT2D eigenvalue weighted by Crippen LogP contribution is 2.67. The Bertz CT molecular complexity index is 1140. The second kappa shape index (κ2) is 15.1. The van der Waals surface area contributed by atoms with E-state index in [2.05, 4.69) is 76.2 Å². The molecule has 0 amide bonds. The van der Waals surface area contributed by atoms with Crippen LogP contribution in [-0.4, -0.2) is 95.6 Å². The molecule has 3 heterocycles. The topological polar surface area (TPSA) is 102 Å². The Balaban J connectivity index is 2.53. The molecule has 0 radical (unpaired) electrons. The molecular formula is C34H58BrNO9Si. The highest BCUT2D eigenvalue weighted by Gasteiger charge is 2.75. The molecule has 4 atom stereocenters. The summed E-state index contributed by atoms with van der Waals surface area (Å²) in [4.78, 5) is 29.6. The van der Waals surface area contributed by atoms with Crippen molar-refractivity contribution in [3.8, 4) is 0 Å². The molecular weight excluding hydrogens is 674 g/mol. The minimum atomic E-state index is -2.76. The lowest BCUT2D eigenvalue weighted by Gasteiger charge is -2.49. The van der Waals surface area contributed by atoms with Crippen LogP contribution in [0.25, 0.3) is 0 Å². The van der Waals surface area contributed by atoms with Crippen molar-refractivity contribution in [2.75, 3.05) is 41.1 Å². The van der Waals surface area contributed by atoms with Crippen molar-refractivity contribution in [2.45, 2.75) is 134 Å². The molecule has 3 rings (SSSR count). The Morgan fingerprint density at radius 3 is 2.04 bits per heavy atom. The van der Waals surface area contributed by atoms with Gasteiger partial charge in [-0.1, -0.05) is 41.5 Å². The summed E-state index contributed by atoms with van der Waals surface area (Å²) < 4.78 is 44.6. The lowest BCUT2D eigenvalue weighted by molar-refractivity contribution is -0.209. The Hall–Kier alpha value is -1.28. The van der Waals surface area contributed by atoms with E-state index < -0.39 is 49.5 Å². The van der Waals surface area contributed by atoms with Crippen molar-refractivity contribution in [3.63, 3.8) is 0 Å². The van der Waals surface area contributed by atoms with E-state index in [9.17, 15) is 9.59 Å². The number of fused-ring (bicyclic) bond motifs is 2. The van der Waals surface area contributed by atoms with Gasteiger partial charge in [0, 0.05) is 39.4 Å². The van der Waals surface area contributed by atoms with Gasteiger partial charge < -0.3 is 37.7 Å². The van der Waals surface area contributed by atoms with Crippen molar-refractivity contribution in [2.24, 2.45) is 5.92 Å². The van der Waals surface area contributed by atoms with Gasteiger partial charge in [-0.2, -0.15) is 0 Å². The predicted molar refractivity (Wildman–Crippen MR) is 183 cm³/mol. The number of carbonyl (C=O) groups is 2. The number of methoxy groups -OCH3 is 3. The molecule has 2 saturated heterocycles. The second-order valence-corrected chi connectivity index (χ2v) is 20.1.